The van der Waals surface area contributed by atoms with Crippen LogP contribution in [-0.2, 0) is 6.54 Å². The summed E-state index contributed by atoms with van der Waals surface area (Å²) in [6.45, 7) is 4.41. The van der Waals surface area contributed by atoms with Crippen LogP contribution in [0, 0.1) is 13.8 Å². The largest absolute Gasteiger partial charge is 0.497 e. The maximum absolute atomic E-state index is 12.0. The van der Waals surface area contributed by atoms with Gasteiger partial charge in [-0.15, -0.1) is 0 Å². The molecular formula is C17H20N2O2. The first-order valence-electron chi connectivity index (χ1n) is 6.84. The van der Waals surface area contributed by atoms with Crippen LogP contribution in [-0.4, -0.2) is 13.1 Å². The summed E-state index contributed by atoms with van der Waals surface area (Å²) in [5.74, 6) is 0.782. The molecule has 0 aliphatic heterocycles. The van der Waals surface area contributed by atoms with Crippen LogP contribution in [0.5, 0.6) is 5.75 Å². The molecule has 2 aromatic rings. The Morgan fingerprint density at radius 2 is 1.76 bits per heavy atom. The van der Waals surface area contributed by atoms with E-state index in [0.29, 0.717) is 6.54 Å². The molecule has 0 unspecified atom stereocenters. The van der Waals surface area contributed by atoms with Crippen LogP contribution in [0.3, 0.4) is 0 Å². The van der Waals surface area contributed by atoms with E-state index in [1.165, 1.54) is 0 Å². The summed E-state index contributed by atoms with van der Waals surface area (Å²) in [6.07, 6.45) is 0. The maximum atomic E-state index is 12.0. The Morgan fingerprint density at radius 3 is 2.43 bits per heavy atom. The number of carbonyl (C=O) groups is 1. The van der Waals surface area contributed by atoms with E-state index in [4.69, 9.17) is 4.74 Å². The van der Waals surface area contributed by atoms with Gasteiger partial charge in [0.15, 0.2) is 0 Å². The van der Waals surface area contributed by atoms with Gasteiger partial charge in [-0.3, -0.25) is 0 Å². The first-order chi connectivity index (χ1) is 10.1. The lowest BCUT2D eigenvalue weighted by molar-refractivity contribution is 0.251. The van der Waals surface area contributed by atoms with Crippen molar-refractivity contribution in [3.63, 3.8) is 0 Å². The van der Waals surface area contributed by atoms with E-state index >= 15 is 0 Å². The molecule has 0 bridgehead atoms. The summed E-state index contributed by atoms with van der Waals surface area (Å²) in [5.41, 5.74) is 3.95. The number of carbonyl (C=O) groups excluding carboxylic acids is 1. The molecule has 0 saturated carbocycles. The Kier molecular flexibility index (Phi) is 4.82. The van der Waals surface area contributed by atoms with Gasteiger partial charge >= 0.3 is 6.03 Å². The molecule has 0 aromatic heterocycles. The molecule has 2 aromatic carbocycles. The summed E-state index contributed by atoms with van der Waals surface area (Å²) in [6, 6.07) is 13.3. The highest BCUT2D eigenvalue weighted by atomic mass is 16.5. The van der Waals surface area contributed by atoms with Gasteiger partial charge in [-0.1, -0.05) is 30.3 Å². The molecule has 0 heterocycles. The van der Waals surface area contributed by atoms with Gasteiger partial charge in [0.2, 0.25) is 0 Å². The number of nitrogens with one attached hydrogen (secondary N) is 2. The number of methoxy groups -OCH3 is 1. The molecule has 2 rings (SSSR count). The Morgan fingerprint density at radius 1 is 1.10 bits per heavy atom. The van der Waals surface area contributed by atoms with Crippen molar-refractivity contribution in [2.75, 3.05) is 12.4 Å². The van der Waals surface area contributed by atoms with Gasteiger partial charge in [-0.25, -0.2) is 4.79 Å². The topological polar surface area (TPSA) is 50.4 Å². The molecule has 110 valence electrons. The van der Waals surface area contributed by atoms with Crippen LogP contribution in [0.25, 0.3) is 0 Å². The van der Waals surface area contributed by atoms with Crippen LogP contribution in [0.1, 0.15) is 16.7 Å². The second-order valence-corrected chi connectivity index (χ2v) is 4.93. The van der Waals surface area contributed by atoms with Crippen LogP contribution >= 0.6 is 0 Å². The molecular weight excluding hydrogens is 264 g/mol. The zero-order valence-corrected chi connectivity index (χ0v) is 12.6. The average molecular weight is 284 g/mol. The van der Waals surface area contributed by atoms with E-state index in [-0.39, 0.29) is 6.03 Å². The Bertz CT molecular complexity index is 618. The highest BCUT2D eigenvalue weighted by Gasteiger charge is 2.06. The minimum Gasteiger partial charge on any atom is -0.497 e. The first kappa shape index (κ1) is 14.9. The van der Waals surface area contributed by atoms with Crippen molar-refractivity contribution < 1.29 is 9.53 Å². The van der Waals surface area contributed by atoms with Gasteiger partial charge in [0.1, 0.15) is 5.75 Å². The van der Waals surface area contributed by atoms with E-state index in [1.807, 2.05) is 56.3 Å². The number of hydrogen-bond donors (Lipinski definition) is 2. The quantitative estimate of drug-likeness (QED) is 0.900. The SMILES string of the molecule is COc1cccc(CNC(=O)Nc2c(C)cccc2C)c1. The zero-order chi connectivity index (χ0) is 15.2. The number of hydrogen-bond acceptors (Lipinski definition) is 2. The molecule has 4 nitrogen and oxygen atoms in total. The van der Waals surface area contributed by atoms with Gasteiger partial charge in [0.05, 0.1) is 7.11 Å². The standard InChI is InChI=1S/C17H20N2O2/c1-12-6-4-7-13(2)16(12)19-17(20)18-11-14-8-5-9-15(10-14)21-3/h4-10H,11H2,1-3H3,(H2,18,19,20). The summed E-state index contributed by atoms with van der Waals surface area (Å²) >= 11 is 0. The number of ether oxygens (including phenoxy) is 1. The highest BCUT2D eigenvalue weighted by molar-refractivity contribution is 5.90. The van der Waals surface area contributed by atoms with E-state index < -0.39 is 0 Å². The van der Waals surface area contributed by atoms with Crippen LogP contribution in [0.2, 0.25) is 0 Å². The van der Waals surface area contributed by atoms with Crippen molar-refractivity contribution in [3.8, 4) is 5.75 Å². The van der Waals surface area contributed by atoms with Gasteiger partial charge in [0.25, 0.3) is 0 Å². The predicted molar refractivity (Wildman–Crippen MR) is 84.8 cm³/mol. The Hall–Kier alpha value is -2.49. The molecule has 2 amide bonds. The summed E-state index contributed by atoms with van der Waals surface area (Å²) in [7, 11) is 1.63. The molecule has 21 heavy (non-hydrogen) atoms. The fourth-order valence-corrected chi connectivity index (χ4v) is 2.13. The van der Waals surface area contributed by atoms with Crippen molar-refractivity contribution in [1.29, 1.82) is 0 Å². The zero-order valence-electron chi connectivity index (χ0n) is 12.6. The monoisotopic (exact) mass is 284 g/mol. The van der Waals surface area contributed by atoms with Gasteiger partial charge < -0.3 is 15.4 Å². The molecule has 0 aliphatic carbocycles. The van der Waals surface area contributed by atoms with Crippen LogP contribution in [0.4, 0.5) is 10.5 Å². The number of anilines is 1. The lowest BCUT2D eigenvalue weighted by Crippen LogP contribution is -2.28. The molecule has 2 N–H and O–H groups in total. The number of aryl methyl sites for hydroxylation is 2. The van der Waals surface area contributed by atoms with E-state index in [9.17, 15) is 4.79 Å². The number of urea groups is 1. The van der Waals surface area contributed by atoms with Gasteiger partial charge in [0, 0.05) is 12.2 Å². The van der Waals surface area contributed by atoms with Crippen molar-refractivity contribution in [2.24, 2.45) is 0 Å². The number of benzene rings is 2. The summed E-state index contributed by atoms with van der Waals surface area (Å²) in [5, 5.41) is 5.74. The molecule has 0 aliphatic rings. The van der Waals surface area contributed by atoms with Crippen molar-refractivity contribution >= 4 is 11.7 Å². The second-order valence-electron chi connectivity index (χ2n) is 4.93. The third-order valence-corrected chi connectivity index (χ3v) is 3.31. The second kappa shape index (κ2) is 6.79. The van der Waals surface area contributed by atoms with Crippen LogP contribution in [0.15, 0.2) is 42.5 Å². The minimum atomic E-state index is -0.213. The molecule has 0 radical (unpaired) electrons. The Labute approximate surface area is 125 Å². The lowest BCUT2D eigenvalue weighted by atomic mass is 10.1. The lowest BCUT2D eigenvalue weighted by Gasteiger charge is -2.12. The van der Waals surface area contributed by atoms with E-state index in [1.54, 1.807) is 7.11 Å². The van der Waals surface area contributed by atoms with Crippen molar-refractivity contribution in [2.45, 2.75) is 20.4 Å². The van der Waals surface area contributed by atoms with E-state index in [0.717, 1.165) is 28.1 Å². The maximum Gasteiger partial charge on any atom is 0.319 e. The smallest absolute Gasteiger partial charge is 0.319 e. The van der Waals surface area contributed by atoms with Crippen molar-refractivity contribution in [3.05, 3.63) is 59.2 Å². The summed E-state index contributed by atoms with van der Waals surface area (Å²) < 4.78 is 5.16. The Balaban J connectivity index is 1.96. The molecule has 4 heteroatoms. The minimum absolute atomic E-state index is 0.213. The fraction of sp³-hybridized carbons (Fsp3) is 0.235. The predicted octanol–water partition coefficient (Wildman–Crippen LogP) is 3.63. The third-order valence-electron chi connectivity index (χ3n) is 3.31. The third kappa shape index (κ3) is 3.99. The highest BCUT2D eigenvalue weighted by Crippen LogP contribution is 2.19. The van der Waals surface area contributed by atoms with Crippen LogP contribution < -0.4 is 15.4 Å². The first-order valence-corrected chi connectivity index (χ1v) is 6.84. The van der Waals surface area contributed by atoms with Crippen molar-refractivity contribution in [1.82, 2.24) is 5.32 Å². The van der Waals surface area contributed by atoms with Gasteiger partial charge in [-0.05, 0) is 42.7 Å². The molecule has 0 atom stereocenters. The van der Waals surface area contributed by atoms with Gasteiger partial charge in [-0.2, -0.15) is 0 Å². The molecule has 0 saturated heterocycles. The summed E-state index contributed by atoms with van der Waals surface area (Å²) in [4.78, 5) is 12.0. The molecule has 0 spiro atoms. The number of rotatable bonds is 4. The molecule has 0 fully saturated rings. The number of amides is 2. The fourth-order valence-electron chi connectivity index (χ4n) is 2.13. The number of para-hydroxylation sites is 1. The normalized spacial score (nSPS) is 10.0. The average Bonchev–Trinajstić information content (AvgIpc) is 2.49. The van der Waals surface area contributed by atoms with E-state index in [2.05, 4.69) is 10.6 Å².